The molecule has 0 saturated carbocycles. The first-order valence-electron chi connectivity index (χ1n) is 6.54. The van der Waals surface area contributed by atoms with Gasteiger partial charge in [0.05, 0.1) is 5.92 Å². The van der Waals surface area contributed by atoms with E-state index >= 15 is 0 Å². The van der Waals surface area contributed by atoms with Gasteiger partial charge in [-0.3, -0.25) is 0 Å². The third-order valence-corrected chi connectivity index (χ3v) is 4.90. The predicted molar refractivity (Wildman–Crippen MR) is 90.9 cm³/mol. The Hall–Kier alpha value is -1.37. The Morgan fingerprint density at radius 1 is 1.43 bits per heavy atom. The Bertz CT molecular complexity index is 600. The number of rotatable bonds is 6. The molecule has 1 aromatic heterocycles. The molecule has 2 aromatic rings. The van der Waals surface area contributed by atoms with E-state index in [2.05, 4.69) is 37.4 Å². The average molecular weight is 368 g/mol. The largest absolute Gasteiger partial charge is 0.409 e. The molecule has 3 N–H and O–H groups in total. The van der Waals surface area contributed by atoms with Gasteiger partial charge in [-0.1, -0.05) is 35.5 Å². The molecule has 6 heteroatoms. The van der Waals surface area contributed by atoms with Crippen LogP contribution in [0.25, 0.3) is 0 Å². The van der Waals surface area contributed by atoms with E-state index in [1.807, 2.05) is 37.4 Å². The molecular formula is C15H18BrN3OS. The second-order valence-corrected chi connectivity index (χ2v) is 6.83. The summed E-state index contributed by atoms with van der Waals surface area (Å²) in [6.07, 6.45) is 0. The van der Waals surface area contributed by atoms with E-state index in [4.69, 9.17) is 10.9 Å². The number of likely N-dealkylation sites (N-methyl/N-ethyl adjacent to an activating group) is 1. The molecule has 21 heavy (non-hydrogen) atoms. The monoisotopic (exact) mass is 367 g/mol. The van der Waals surface area contributed by atoms with Crippen molar-refractivity contribution in [3.63, 3.8) is 0 Å². The molecule has 1 unspecified atom stereocenters. The summed E-state index contributed by atoms with van der Waals surface area (Å²) in [4.78, 5) is 3.45. The van der Waals surface area contributed by atoms with E-state index in [9.17, 15) is 0 Å². The molecule has 1 atom stereocenters. The Balaban J connectivity index is 2.08. The normalized spacial score (nSPS) is 13.6. The van der Waals surface area contributed by atoms with Crippen molar-refractivity contribution in [2.75, 3.05) is 13.6 Å². The lowest BCUT2D eigenvalue weighted by Crippen LogP contribution is -2.32. The van der Waals surface area contributed by atoms with E-state index in [0.29, 0.717) is 6.54 Å². The van der Waals surface area contributed by atoms with Gasteiger partial charge in [-0.2, -0.15) is 0 Å². The number of hydrogen-bond acceptors (Lipinski definition) is 4. The van der Waals surface area contributed by atoms with Gasteiger partial charge in [0.2, 0.25) is 0 Å². The van der Waals surface area contributed by atoms with Crippen LogP contribution >= 0.6 is 27.3 Å². The smallest absolute Gasteiger partial charge is 0.147 e. The van der Waals surface area contributed by atoms with Gasteiger partial charge in [0.1, 0.15) is 5.84 Å². The Morgan fingerprint density at radius 3 is 2.71 bits per heavy atom. The number of benzene rings is 1. The van der Waals surface area contributed by atoms with Crippen molar-refractivity contribution in [2.45, 2.75) is 12.5 Å². The molecule has 0 saturated heterocycles. The van der Waals surface area contributed by atoms with Gasteiger partial charge in [-0.25, -0.2) is 0 Å². The molecule has 0 radical (unpaired) electrons. The van der Waals surface area contributed by atoms with Crippen LogP contribution in [0.2, 0.25) is 0 Å². The first-order chi connectivity index (χ1) is 10.1. The summed E-state index contributed by atoms with van der Waals surface area (Å²) in [6.45, 7) is 1.52. The second-order valence-electron chi connectivity index (χ2n) is 4.92. The molecule has 2 rings (SSSR count). The molecule has 0 spiro atoms. The summed E-state index contributed by atoms with van der Waals surface area (Å²) in [5.74, 6) is 0.116. The lowest BCUT2D eigenvalue weighted by atomic mass is 9.97. The fourth-order valence-electron chi connectivity index (χ4n) is 2.20. The number of hydrogen-bond donors (Lipinski definition) is 2. The van der Waals surface area contributed by atoms with Crippen LogP contribution < -0.4 is 5.73 Å². The molecule has 1 aromatic carbocycles. The first kappa shape index (κ1) is 16.0. The van der Waals surface area contributed by atoms with Crippen molar-refractivity contribution >= 4 is 33.1 Å². The van der Waals surface area contributed by atoms with Crippen LogP contribution in [0.5, 0.6) is 0 Å². The molecule has 0 fully saturated rings. The topological polar surface area (TPSA) is 61.8 Å². The molecule has 0 aliphatic carbocycles. The van der Waals surface area contributed by atoms with Crippen molar-refractivity contribution in [1.82, 2.24) is 4.90 Å². The fourth-order valence-corrected chi connectivity index (χ4v) is 3.73. The highest BCUT2D eigenvalue weighted by molar-refractivity contribution is 9.10. The third-order valence-electron chi connectivity index (χ3n) is 3.22. The van der Waals surface area contributed by atoms with Crippen LogP contribution in [-0.4, -0.2) is 29.5 Å². The Labute approximate surface area is 137 Å². The minimum Gasteiger partial charge on any atom is -0.409 e. The van der Waals surface area contributed by atoms with Gasteiger partial charge < -0.3 is 15.8 Å². The molecule has 4 nitrogen and oxygen atoms in total. The highest BCUT2D eigenvalue weighted by atomic mass is 79.9. The van der Waals surface area contributed by atoms with Gasteiger partial charge in [-0.15, -0.1) is 11.3 Å². The quantitative estimate of drug-likeness (QED) is 0.355. The maximum Gasteiger partial charge on any atom is 0.147 e. The van der Waals surface area contributed by atoms with Gasteiger partial charge >= 0.3 is 0 Å². The SMILES string of the molecule is CN(Cc1cc(Br)cs1)CC(C(N)=NO)c1ccccc1. The van der Waals surface area contributed by atoms with Crippen LogP contribution in [0.1, 0.15) is 16.4 Å². The van der Waals surface area contributed by atoms with Crippen molar-refractivity contribution in [3.8, 4) is 0 Å². The maximum atomic E-state index is 9.01. The van der Waals surface area contributed by atoms with Gasteiger partial charge in [-0.05, 0) is 34.6 Å². The zero-order valence-corrected chi connectivity index (χ0v) is 14.1. The zero-order valence-electron chi connectivity index (χ0n) is 11.7. The van der Waals surface area contributed by atoms with Crippen LogP contribution in [0.3, 0.4) is 0 Å². The van der Waals surface area contributed by atoms with Crippen molar-refractivity contribution < 1.29 is 5.21 Å². The molecule has 112 valence electrons. The number of nitrogens with zero attached hydrogens (tertiary/aromatic N) is 2. The van der Waals surface area contributed by atoms with Crippen LogP contribution in [0, 0.1) is 0 Å². The molecule has 0 bridgehead atoms. The minimum atomic E-state index is -0.121. The standard InChI is InChI=1S/C15H18BrN3OS/c1-19(8-13-7-12(16)10-21-13)9-14(15(17)18-20)11-5-3-2-4-6-11/h2-7,10,14,20H,8-9H2,1H3,(H2,17,18). The fraction of sp³-hybridized carbons (Fsp3) is 0.267. The van der Waals surface area contributed by atoms with Gasteiger partial charge in [0.25, 0.3) is 0 Å². The summed E-state index contributed by atoms with van der Waals surface area (Å²) in [5, 5.41) is 14.3. The summed E-state index contributed by atoms with van der Waals surface area (Å²) in [5.41, 5.74) is 6.91. The van der Waals surface area contributed by atoms with Crippen molar-refractivity contribution in [3.05, 3.63) is 56.7 Å². The van der Waals surface area contributed by atoms with Gasteiger partial charge in [0, 0.05) is 27.8 Å². The molecular weight excluding hydrogens is 350 g/mol. The van der Waals surface area contributed by atoms with E-state index in [-0.39, 0.29) is 11.8 Å². The minimum absolute atomic E-state index is 0.121. The molecule has 1 heterocycles. The highest BCUT2D eigenvalue weighted by Gasteiger charge is 2.19. The van der Waals surface area contributed by atoms with Crippen molar-refractivity contribution in [2.24, 2.45) is 10.9 Å². The van der Waals surface area contributed by atoms with Crippen LogP contribution in [0.4, 0.5) is 0 Å². The second kappa shape index (κ2) is 7.59. The molecule has 0 amide bonds. The number of nitrogens with two attached hydrogens (primary N) is 1. The van der Waals surface area contributed by atoms with E-state index < -0.39 is 0 Å². The lowest BCUT2D eigenvalue weighted by Gasteiger charge is -2.23. The predicted octanol–water partition coefficient (Wildman–Crippen LogP) is 3.47. The lowest BCUT2D eigenvalue weighted by molar-refractivity contribution is 0.303. The summed E-state index contributed by atoms with van der Waals surface area (Å²) >= 11 is 5.18. The molecule has 0 aliphatic heterocycles. The van der Waals surface area contributed by atoms with E-state index in [0.717, 1.165) is 16.6 Å². The number of oxime groups is 1. The van der Waals surface area contributed by atoms with E-state index in [1.165, 1.54) is 4.88 Å². The van der Waals surface area contributed by atoms with Crippen LogP contribution in [0.15, 0.2) is 51.4 Å². The summed E-state index contributed by atoms with van der Waals surface area (Å²) in [7, 11) is 2.04. The third kappa shape index (κ3) is 4.56. The van der Waals surface area contributed by atoms with E-state index in [1.54, 1.807) is 11.3 Å². The number of halogens is 1. The van der Waals surface area contributed by atoms with Crippen LogP contribution in [-0.2, 0) is 6.54 Å². The van der Waals surface area contributed by atoms with Gasteiger partial charge in [0.15, 0.2) is 0 Å². The number of thiophene rings is 1. The first-order valence-corrected chi connectivity index (χ1v) is 8.21. The average Bonchev–Trinajstić information content (AvgIpc) is 2.90. The zero-order chi connectivity index (χ0) is 15.2. The Kier molecular flexibility index (Phi) is 5.78. The highest BCUT2D eigenvalue weighted by Crippen LogP contribution is 2.22. The summed E-state index contributed by atoms with van der Waals surface area (Å²) in [6, 6.07) is 12.0. The summed E-state index contributed by atoms with van der Waals surface area (Å²) < 4.78 is 1.10. The Morgan fingerprint density at radius 2 is 2.14 bits per heavy atom. The number of amidine groups is 1. The van der Waals surface area contributed by atoms with Crippen molar-refractivity contribution in [1.29, 1.82) is 0 Å². The maximum absolute atomic E-state index is 9.01. The molecule has 0 aliphatic rings.